The van der Waals surface area contributed by atoms with Gasteiger partial charge in [-0.2, -0.15) is 0 Å². The summed E-state index contributed by atoms with van der Waals surface area (Å²) in [5, 5.41) is 0. The Hall–Kier alpha value is -1.73. The maximum absolute atomic E-state index is 12.2. The first kappa shape index (κ1) is 14.7. The van der Waals surface area contributed by atoms with Crippen molar-refractivity contribution >= 4 is 46.3 Å². The number of esters is 1. The molecule has 7 heteroatoms. The summed E-state index contributed by atoms with van der Waals surface area (Å²) in [5.41, 5.74) is 0.809. The standard InChI is InChI=1S/C13H12N2O3S2/c1-2-18-11(16)8-15-12(17)10(20-13(15)19)6-9-4-3-5-14-7-9/h3-7H,2,8H2,1H3/b10-6+. The Kier molecular flexibility index (Phi) is 4.86. The van der Waals surface area contributed by atoms with Gasteiger partial charge in [0.1, 0.15) is 10.9 Å². The minimum absolute atomic E-state index is 0.150. The number of thioether (sulfide) groups is 1. The highest BCUT2D eigenvalue weighted by atomic mass is 32.2. The second-order valence-electron chi connectivity index (χ2n) is 3.86. The molecule has 1 amide bonds. The summed E-state index contributed by atoms with van der Waals surface area (Å²) in [6.07, 6.45) is 5.01. The van der Waals surface area contributed by atoms with Crippen molar-refractivity contribution in [2.24, 2.45) is 0 Å². The molecule has 0 saturated carbocycles. The van der Waals surface area contributed by atoms with Gasteiger partial charge >= 0.3 is 5.97 Å². The van der Waals surface area contributed by atoms with Gasteiger partial charge in [-0.05, 0) is 24.6 Å². The largest absolute Gasteiger partial charge is 0.465 e. The molecule has 0 spiro atoms. The topological polar surface area (TPSA) is 59.5 Å². The van der Waals surface area contributed by atoms with Gasteiger partial charge in [0.25, 0.3) is 5.91 Å². The number of aromatic nitrogens is 1. The van der Waals surface area contributed by atoms with Gasteiger partial charge in [-0.3, -0.25) is 19.5 Å². The van der Waals surface area contributed by atoms with E-state index in [4.69, 9.17) is 17.0 Å². The molecule has 0 aliphatic carbocycles. The maximum Gasteiger partial charge on any atom is 0.326 e. The van der Waals surface area contributed by atoms with Crippen LogP contribution in [0, 0.1) is 0 Å². The van der Waals surface area contributed by atoms with E-state index in [2.05, 4.69) is 4.98 Å². The average molecular weight is 308 g/mol. The minimum Gasteiger partial charge on any atom is -0.465 e. The van der Waals surface area contributed by atoms with Crippen LogP contribution in [0.15, 0.2) is 29.4 Å². The molecule has 104 valence electrons. The van der Waals surface area contributed by atoms with Crippen LogP contribution in [-0.2, 0) is 14.3 Å². The number of amides is 1. The fourth-order valence-corrected chi connectivity index (χ4v) is 2.84. The van der Waals surface area contributed by atoms with Gasteiger partial charge in [0.05, 0.1) is 11.5 Å². The summed E-state index contributed by atoms with van der Waals surface area (Å²) in [7, 11) is 0. The number of pyridine rings is 1. The van der Waals surface area contributed by atoms with Crippen molar-refractivity contribution in [2.45, 2.75) is 6.92 Å². The average Bonchev–Trinajstić information content (AvgIpc) is 2.68. The Balaban J connectivity index is 2.13. The molecule has 0 radical (unpaired) electrons. The molecule has 1 fully saturated rings. The van der Waals surface area contributed by atoms with Crippen LogP contribution in [0.25, 0.3) is 6.08 Å². The fraction of sp³-hybridized carbons (Fsp3) is 0.231. The van der Waals surface area contributed by atoms with Gasteiger partial charge in [-0.1, -0.05) is 30.0 Å². The SMILES string of the molecule is CCOC(=O)CN1C(=O)/C(=C\c2cccnc2)SC1=S. The zero-order valence-corrected chi connectivity index (χ0v) is 12.4. The molecule has 1 aromatic heterocycles. The van der Waals surface area contributed by atoms with E-state index in [0.29, 0.717) is 9.23 Å². The molecule has 2 rings (SSSR count). The van der Waals surface area contributed by atoms with Gasteiger partial charge in [-0.15, -0.1) is 0 Å². The molecule has 1 aliphatic heterocycles. The summed E-state index contributed by atoms with van der Waals surface area (Å²) < 4.78 is 5.18. The van der Waals surface area contributed by atoms with Crippen molar-refractivity contribution in [1.29, 1.82) is 0 Å². The van der Waals surface area contributed by atoms with E-state index in [1.165, 1.54) is 16.7 Å². The monoisotopic (exact) mass is 308 g/mol. The fourth-order valence-electron chi connectivity index (χ4n) is 1.58. The lowest BCUT2D eigenvalue weighted by molar-refractivity contribution is -0.145. The van der Waals surface area contributed by atoms with Crippen LogP contribution in [0.5, 0.6) is 0 Å². The van der Waals surface area contributed by atoms with Crippen LogP contribution >= 0.6 is 24.0 Å². The molecule has 0 N–H and O–H groups in total. The lowest BCUT2D eigenvalue weighted by Gasteiger charge is -2.12. The minimum atomic E-state index is -0.466. The quantitative estimate of drug-likeness (QED) is 0.480. The Morgan fingerprint density at radius 1 is 1.60 bits per heavy atom. The summed E-state index contributed by atoms with van der Waals surface area (Å²) in [6.45, 7) is 1.84. The molecule has 1 saturated heterocycles. The second kappa shape index (κ2) is 6.62. The Morgan fingerprint density at radius 3 is 3.05 bits per heavy atom. The zero-order chi connectivity index (χ0) is 14.5. The van der Waals surface area contributed by atoms with Gasteiger partial charge in [0.2, 0.25) is 0 Å². The Morgan fingerprint density at radius 2 is 2.40 bits per heavy atom. The first-order valence-corrected chi connectivity index (χ1v) is 7.15. The van der Waals surface area contributed by atoms with Crippen LogP contribution in [0.1, 0.15) is 12.5 Å². The first-order chi connectivity index (χ1) is 9.61. The number of carbonyl (C=O) groups is 2. The molecule has 0 atom stereocenters. The molecule has 0 bridgehead atoms. The third-order valence-corrected chi connectivity index (χ3v) is 3.83. The van der Waals surface area contributed by atoms with E-state index in [0.717, 1.165) is 5.56 Å². The van der Waals surface area contributed by atoms with E-state index in [1.807, 2.05) is 6.07 Å². The normalized spacial score (nSPS) is 16.9. The molecular weight excluding hydrogens is 296 g/mol. The van der Waals surface area contributed by atoms with Gasteiger partial charge < -0.3 is 4.74 Å². The Labute approximate surface area is 126 Å². The van der Waals surface area contributed by atoms with Crippen molar-refractivity contribution in [3.8, 4) is 0 Å². The summed E-state index contributed by atoms with van der Waals surface area (Å²) >= 11 is 6.29. The number of thiocarbonyl (C=S) groups is 1. The van der Waals surface area contributed by atoms with E-state index in [-0.39, 0.29) is 19.1 Å². The van der Waals surface area contributed by atoms with Crippen LogP contribution in [0.2, 0.25) is 0 Å². The highest BCUT2D eigenvalue weighted by Crippen LogP contribution is 2.32. The van der Waals surface area contributed by atoms with E-state index in [1.54, 1.807) is 31.5 Å². The number of nitrogens with zero attached hydrogens (tertiary/aromatic N) is 2. The van der Waals surface area contributed by atoms with Gasteiger partial charge in [0.15, 0.2) is 0 Å². The molecular formula is C13H12N2O3S2. The predicted molar refractivity (Wildman–Crippen MR) is 80.7 cm³/mol. The molecule has 0 aromatic carbocycles. The number of ether oxygens (including phenoxy) is 1. The van der Waals surface area contributed by atoms with Crippen molar-refractivity contribution in [3.05, 3.63) is 35.0 Å². The lowest BCUT2D eigenvalue weighted by Crippen LogP contribution is -2.34. The predicted octanol–water partition coefficient (Wildman–Crippen LogP) is 1.85. The second-order valence-corrected chi connectivity index (χ2v) is 5.54. The molecule has 1 aromatic rings. The van der Waals surface area contributed by atoms with Crippen molar-refractivity contribution in [2.75, 3.05) is 13.2 Å². The molecule has 1 aliphatic rings. The van der Waals surface area contributed by atoms with E-state index >= 15 is 0 Å². The summed E-state index contributed by atoms with van der Waals surface area (Å²) in [5.74, 6) is -0.747. The van der Waals surface area contributed by atoms with Crippen molar-refractivity contribution in [3.63, 3.8) is 0 Å². The van der Waals surface area contributed by atoms with Crippen molar-refractivity contribution in [1.82, 2.24) is 9.88 Å². The number of hydrogen-bond acceptors (Lipinski definition) is 6. The smallest absolute Gasteiger partial charge is 0.326 e. The van der Waals surface area contributed by atoms with Gasteiger partial charge in [-0.25, -0.2) is 0 Å². The highest BCUT2D eigenvalue weighted by Gasteiger charge is 2.33. The number of rotatable bonds is 4. The maximum atomic E-state index is 12.2. The molecule has 2 heterocycles. The molecule has 20 heavy (non-hydrogen) atoms. The zero-order valence-electron chi connectivity index (χ0n) is 10.7. The number of hydrogen-bond donors (Lipinski definition) is 0. The van der Waals surface area contributed by atoms with Crippen LogP contribution < -0.4 is 0 Å². The van der Waals surface area contributed by atoms with Crippen LogP contribution in [-0.4, -0.2) is 39.2 Å². The van der Waals surface area contributed by atoms with Crippen LogP contribution in [0.4, 0.5) is 0 Å². The third kappa shape index (κ3) is 3.43. The lowest BCUT2D eigenvalue weighted by atomic mass is 10.2. The summed E-state index contributed by atoms with van der Waals surface area (Å²) in [4.78, 5) is 29.3. The highest BCUT2D eigenvalue weighted by molar-refractivity contribution is 8.26. The summed E-state index contributed by atoms with van der Waals surface area (Å²) in [6, 6.07) is 3.62. The van der Waals surface area contributed by atoms with Gasteiger partial charge in [0, 0.05) is 12.4 Å². The number of carbonyl (C=O) groups excluding carboxylic acids is 2. The van der Waals surface area contributed by atoms with E-state index < -0.39 is 5.97 Å². The first-order valence-electron chi connectivity index (χ1n) is 5.93. The third-order valence-electron chi connectivity index (χ3n) is 2.45. The van der Waals surface area contributed by atoms with Crippen LogP contribution in [0.3, 0.4) is 0 Å². The molecule has 0 unspecified atom stereocenters. The molecule has 5 nitrogen and oxygen atoms in total. The van der Waals surface area contributed by atoms with E-state index in [9.17, 15) is 9.59 Å². The Bertz CT molecular complexity index is 572. The van der Waals surface area contributed by atoms with Crippen molar-refractivity contribution < 1.29 is 14.3 Å².